The minimum absolute atomic E-state index is 0.0530. The fourth-order valence-corrected chi connectivity index (χ4v) is 3.37. The number of ether oxygens (including phenoxy) is 2. The largest absolute Gasteiger partial charge is 0.493 e. The average Bonchev–Trinajstić information content (AvgIpc) is 2.79. The predicted molar refractivity (Wildman–Crippen MR) is 119 cm³/mol. The van der Waals surface area contributed by atoms with Gasteiger partial charge in [-0.15, -0.1) is 0 Å². The van der Waals surface area contributed by atoms with E-state index in [1.807, 2.05) is 61.7 Å². The van der Waals surface area contributed by atoms with Crippen molar-refractivity contribution in [1.29, 1.82) is 0 Å². The average molecular weight is 405 g/mol. The Labute approximate surface area is 178 Å². The zero-order valence-corrected chi connectivity index (χ0v) is 17.7. The van der Waals surface area contributed by atoms with E-state index in [1.54, 1.807) is 20.4 Å². The first-order valence-electron chi connectivity index (χ1n) is 10.1. The van der Waals surface area contributed by atoms with Gasteiger partial charge in [0.25, 0.3) is 5.91 Å². The molecule has 3 aromatic rings. The van der Waals surface area contributed by atoms with E-state index >= 15 is 0 Å². The number of benzene rings is 2. The summed E-state index contributed by atoms with van der Waals surface area (Å²) >= 11 is 0. The molecule has 1 heterocycles. The van der Waals surface area contributed by atoms with Crippen molar-refractivity contribution in [2.24, 2.45) is 0 Å². The van der Waals surface area contributed by atoms with Crippen LogP contribution in [0.25, 0.3) is 11.1 Å². The fraction of sp³-hybridized carbons (Fsp3) is 0.280. The SMILES string of the molecule is COc1ccc(-c2ccc(C(=O)NC(C)CCCc3cccnc3)cc2)cc1OC. The summed E-state index contributed by atoms with van der Waals surface area (Å²) in [6, 6.07) is 17.5. The Hall–Kier alpha value is -3.34. The van der Waals surface area contributed by atoms with Crippen LogP contribution < -0.4 is 14.8 Å². The third-order valence-electron chi connectivity index (χ3n) is 5.07. The standard InChI is InChI=1S/C25H28N2O3/c1-18(6-4-7-19-8-5-15-26-17-19)27-25(28)21-11-9-20(10-12-21)22-13-14-23(29-2)24(16-22)30-3/h5,8-18H,4,6-7H2,1-3H3,(H,27,28). The molecule has 0 saturated carbocycles. The van der Waals surface area contributed by atoms with Crippen molar-refractivity contribution in [3.63, 3.8) is 0 Å². The quantitative estimate of drug-likeness (QED) is 0.551. The maximum Gasteiger partial charge on any atom is 0.251 e. The second kappa shape index (κ2) is 10.4. The molecule has 2 aromatic carbocycles. The number of nitrogens with zero attached hydrogens (tertiary/aromatic N) is 1. The van der Waals surface area contributed by atoms with Crippen LogP contribution in [0.5, 0.6) is 11.5 Å². The molecular formula is C25H28N2O3. The molecule has 0 spiro atoms. The van der Waals surface area contributed by atoms with Crippen molar-refractivity contribution < 1.29 is 14.3 Å². The molecule has 1 unspecified atom stereocenters. The van der Waals surface area contributed by atoms with Crippen LogP contribution in [0, 0.1) is 0 Å². The molecule has 1 N–H and O–H groups in total. The van der Waals surface area contributed by atoms with Crippen molar-refractivity contribution in [3.05, 3.63) is 78.1 Å². The molecule has 0 saturated heterocycles. The van der Waals surface area contributed by atoms with E-state index in [2.05, 4.69) is 16.4 Å². The predicted octanol–water partition coefficient (Wildman–Crippen LogP) is 4.91. The topological polar surface area (TPSA) is 60.5 Å². The van der Waals surface area contributed by atoms with Gasteiger partial charge in [0.05, 0.1) is 14.2 Å². The van der Waals surface area contributed by atoms with Crippen molar-refractivity contribution in [1.82, 2.24) is 10.3 Å². The van der Waals surface area contributed by atoms with Gasteiger partial charge in [-0.05, 0) is 73.2 Å². The van der Waals surface area contributed by atoms with Crippen LogP contribution in [0.3, 0.4) is 0 Å². The Balaban J connectivity index is 1.55. The summed E-state index contributed by atoms with van der Waals surface area (Å²) in [6.07, 6.45) is 6.57. The van der Waals surface area contributed by atoms with Gasteiger partial charge in [-0.25, -0.2) is 0 Å². The minimum atomic E-state index is -0.0530. The summed E-state index contributed by atoms with van der Waals surface area (Å²) in [5.74, 6) is 1.31. The number of aromatic nitrogens is 1. The highest BCUT2D eigenvalue weighted by Crippen LogP contribution is 2.32. The summed E-state index contributed by atoms with van der Waals surface area (Å²) in [4.78, 5) is 16.7. The van der Waals surface area contributed by atoms with Crippen LogP contribution in [0.2, 0.25) is 0 Å². The Morgan fingerprint density at radius 3 is 2.40 bits per heavy atom. The van der Waals surface area contributed by atoms with E-state index in [0.29, 0.717) is 17.1 Å². The van der Waals surface area contributed by atoms with Crippen LogP contribution >= 0.6 is 0 Å². The number of methoxy groups -OCH3 is 2. The lowest BCUT2D eigenvalue weighted by Crippen LogP contribution is -2.32. The monoisotopic (exact) mass is 404 g/mol. The van der Waals surface area contributed by atoms with Gasteiger partial charge >= 0.3 is 0 Å². The minimum Gasteiger partial charge on any atom is -0.493 e. The number of hydrogen-bond donors (Lipinski definition) is 1. The van der Waals surface area contributed by atoms with E-state index in [4.69, 9.17) is 9.47 Å². The van der Waals surface area contributed by atoms with Crippen molar-refractivity contribution in [3.8, 4) is 22.6 Å². The van der Waals surface area contributed by atoms with E-state index < -0.39 is 0 Å². The summed E-state index contributed by atoms with van der Waals surface area (Å²) in [7, 11) is 3.23. The molecule has 5 heteroatoms. The molecule has 3 rings (SSSR count). The van der Waals surface area contributed by atoms with E-state index in [9.17, 15) is 4.79 Å². The summed E-state index contributed by atoms with van der Waals surface area (Å²) in [6.45, 7) is 2.04. The van der Waals surface area contributed by atoms with Crippen LogP contribution in [0.1, 0.15) is 35.7 Å². The molecule has 0 aliphatic heterocycles. The Kier molecular flexibility index (Phi) is 7.44. The van der Waals surface area contributed by atoms with Gasteiger partial charge in [-0.1, -0.05) is 24.3 Å². The molecule has 30 heavy (non-hydrogen) atoms. The van der Waals surface area contributed by atoms with Gasteiger partial charge in [-0.3, -0.25) is 9.78 Å². The lowest BCUT2D eigenvalue weighted by Gasteiger charge is -2.14. The highest BCUT2D eigenvalue weighted by molar-refractivity contribution is 5.94. The zero-order valence-electron chi connectivity index (χ0n) is 17.7. The van der Waals surface area contributed by atoms with Crippen LogP contribution in [-0.4, -0.2) is 31.2 Å². The van der Waals surface area contributed by atoms with Gasteiger partial charge in [-0.2, -0.15) is 0 Å². The highest BCUT2D eigenvalue weighted by Gasteiger charge is 2.11. The molecule has 0 radical (unpaired) electrons. The zero-order chi connectivity index (χ0) is 21.3. The van der Waals surface area contributed by atoms with Gasteiger partial charge in [0.1, 0.15) is 0 Å². The molecule has 156 valence electrons. The molecule has 5 nitrogen and oxygen atoms in total. The van der Waals surface area contributed by atoms with Crippen LogP contribution in [0.15, 0.2) is 67.0 Å². The van der Waals surface area contributed by atoms with E-state index in [-0.39, 0.29) is 11.9 Å². The molecular weight excluding hydrogens is 376 g/mol. The highest BCUT2D eigenvalue weighted by atomic mass is 16.5. The van der Waals surface area contributed by atoms with Crippen LogP contribution in [-0.2, 0) is 6.42 Å². The Morgan fingerprint density at radius 2 is 1.73 bits per heavy atom. The lowest BCUT2D eigenvalue weighted by atomic mass is 10.0. The Morgan fingerprint density at radius 1 is 1.00 bits per heavy atom. The lowest BCUT2D eigenvalue weighted by molar-refractivity contribution is 0.0938. The summed E-state index contributed by atoms with van der Waals surface area (Å²) < 4.78 is 10.7. The maximum absolute atomic E-state index is 12.6. The number of hydrogen-bond acceptors (Lipinski definition) is 4. The third-order valence-corrected chi connectivity index (χ3v) is 5.07. The van der Waals surface area contributed by atoms with Crippen molar-refractivity contribution in [2.45, 2.75) is 32.2 Å². The van der Waals surface area contributed by atoms with Gasteiger partial charge < -0.3 is 14.8 Å². The normalized spacial score (nSPS) is 11.6. The summed E-state index contributed by atoms with van der Waals surface area (Å²) in [5, 5.41) is 3.08. The third kappa shape index (κ3) is 5.60. The molecule has 0 aliphatic carbocycles. The number of carbonyl (C=O) groups excluding carboxylic acids is 1. The molecule has 0 aliphatic rings. The Bertz CT molecular complexity index is 956. The molecule has 1 aromatic heterocycles. The molecule has 0 bridgehead atoms. The second-order valence-corrected chi connectivity index (χ2v) is 7.28. The molecule has 1 amide bonds. The second-order valence-electron chi connectivity index (χ2n) is 7.28. The number of amides is 1. The van der Waals surface area contributed by atoms with Gasteiger partial charge in [0, 0.05) is 24.0 Å². The first kappa shape index (κ1) is 21.4. The first-order valence-corrected chi connectivity index (χ1v) is 10.1. The van der Waals surface area contributed by atoms with Gasteiger partial charge in [0.2, 0.25) is 0 Å². The smallest absolute Gasteiger partial charge is 0.251 e. The first-order chi connectivity index (χ1) is 14.6. The number of rotatable bonds is 9. The maximum atomic E-state index is 12.6. The number of pyridine rings is 1. The number of carbonyl (C=O) groups is 1. The van der Waals surface area contributed by atoms with Gasteiger partial charge in [0.15, 0.2) is 11.5 Å². The summed E-state index contributed by atoms with van der Waals surface area (Å²) in [5.41, 5.74) is 3.89. The molecule has 0 fully saturated rings. The fourth-order valence-electron chi connectivity index (χ4n) is 3.37. The number of aryl methyl sites for hydroxylation is 1. The van der Waals surface area contributed by atoms with E-state index in [0.717, 1.165) is 30.4 Å². The van der Waals surface area contributed by atoms with Crippen molar-refractivity contribution >= 4 is 5.91 Å². The molecule has 1 atom stereocenters. The van der Waals surface area contributed by atoms with E-state index in [1.165, 1.54) is 5.56 Å². The van der Waals surface area contributed by atoms with Crippen LogP contribution in [0.4, 0.5) is 0 Å². The number of nitrogens with one attached hydrogen (secondary N) is 1. The van der Waals surface area contributed by atoms with Crippen molar-refractivity contribution in [2.75, 3.05) is 14.2 Å².